The van der Waals surface area contributed by atoms with Crippen LogP contribution < -0.4 is 9.62 Å². The van der Waals surface area contributed by atoms with Crippen molar-refractivity contribution in [2.24, 2.45) is 0 Å². The van der Waals surface area contributed by atoms with Crippen LogP contribution in [0.5, 0.6) is 0 Å². The van der Waals surface area contributed by atoms with Gasteiger partial charge in [-0.05, 0) is 51.3 Å². The maximum atomic E-state index is 12.6. The fourth-order valence-electron chi connectivity index (χ4n) is 3.28. The van der Waals surface area contributed by atoms with E-state index in [1.54, 1.807) is 0 Å². The fraction of sp³-hybridized carbons (Fsp3) is 0.381. The van der Waals surface area contributed by atoms with Crippen molar-refractivity contribution in [2.45, 2.75) is 40.7 Å². The molecule has 2 rings (SSSR count). The smallest absolute Gasteiger partial charge is 0.241 e. The lowest BCUT2D eigenvalue weighted by Crippen LogP contribution is -2.41. The van der Waals surface area contributed by atoms with Crippen molar-refractivity contribution in [3.8, 4) is 0 Å². The number of anilines is 1. The Kier molecular flexibility index (Phi) is 6.31. The van der Waals surface area contributed by atoms with E-state index < -0.39 is 10.0 Å². The molecule has 0 aliphatic rings. The number of sulfonamides is 1. The summed E-state index contributed by atoms with van der Waals surface area (Å²) in [5.74, 6) is -0.340. The van der Waals surface area contributed by atoms with E-state index in [0.29, 0.717) is 5.69 Å². The second-order valence-corrected chi connectivity index (χ2v) is 9.12. The minimum atomic E-state index is -3.60. The van der Waals surface area contributed by atoms with Gasteiger partial charge >= 0.3 is 0 Å². The molecular weight excluding hydrogens is 360 g/mol. The Morgan fingerprint density at radius 3 is 2.00 bits per heavy atom. The predicted molar refractivity (Wildman–Crippen MR) is 111 cm³/mol. The summed E-state index contributed by atoms with van der Waals surface area (Å²) in [7, 11) is -3.60. The second-order valence-electron chi connectivity index (χ2n) is 7.22. The van der Waals surface area contributed by atoms with Gasteiger partial charge in [0, 0.05) is 0 Å². The van der Waals surface area contributed by atoms with Gasteiger partial charge in [-0.2, -0.15) is 0 Å². The highest BCUT2D eigenvalue weighted by Gasteiger charge is 2.24. The van der Waals surface area contributed by atoms with E-state index in [1.165, 1.54) is 4.31 Å². The monoisotopic (exact) mass is 388 g/mol. The largest absolute Gasteiger partial charge is 0.348 e. The molecule has 0 bridgehead atoms. The number of carbonyl (C=O) groups excluding carboxylic acids is 1. The van der Waals surface area contributed by atoms with Crippen LogP contribution in [-0.4, -0.2) is 27.1 Å². The van der Waals surface area contributed by atoms with Crippen LogP contribution >= 0.6 is 0 Å². The summed E-state index contributed by atoms with van der Waals surface area (Å²) in [5.41, 5.74) is 5.41. The number of aryl methyl sites for hydroxylation is 4. The van der Waals surface area contributed by atoms with Gasteiger partial charge in [0.15, 0.2) is 0 Å². The van der Waals surface area contributed by atoms with Crippen LogP contribution in [0.25, 0.3) is 0 Å². The predicted octanol–water partition coefficient (Wildman–Crippen LogP) is 3.56. The molecule has 2 aromatic carbocycles. The Hall–Kier alpha value is -2.34. The molecule has 146 valence electrons. The molecule has 0 aliphatic carbocycles. The molecule has 0 saturated carbocycles. The van der Waals surface area contributed by atoms with E-state index >= 15 is 0 Å². The number of carbonyl (C=O) groups is 1. The third kappa shape index (κ3) is 5.32. The zero-order valence-electron chi connectivity index (χ0n) is 16.8. The molecule has 0 radical (unpaired) electrons. The lowest BCUT2D eigenvalue weighted by atomic mass is 10.0. The molecule has 0 aliphatic heterocycles. The summed E-state index contributed by atoms with van der Waals surface area (Å²) < 4.78 is 26.0. The van der Waals surface area contributed by atoms with Crippen LogP contribution in [0.1, 0.15) is 40.8 Å². The summed E-state index contributed by atoms with van der Waals surface area (Å²) in [5, 5.41) is 2.89. The molecular formula is C21H28N2O3S. The highest BCUT2D eigenvalue weighted by Crippen LogP contribution is 2.28. The van der Waals surface area contributed by atoms with Crippen molar-refractivity contribution < 1.29 is 13.2 Å². The minimum absolute atomic E-state index is 0.209. The van der Waals surface area contributed by atoms with Gasteiger partial charge in [-0.15, -0.1) is 0 Å². The van der Waals surface area contributed by atoms with E-state index in [2.05, 4.69) is 5.32 Å². The summed E-state index contributed by atoms with van der Waals surface area (Å²) >= 11 is 0. The molecule has 27 heavy (non-hydrogen) atoms. The molecule has 0 heterocycles. The van der Waals surface area contributed by atoms with Crippen LogP contribution in [0.2, 0.25) is 0 Å². The van der Waals surface area contributed by atoms with Crippen LogP contribution in [-0.2, 0) is 14.8 Å². The van der Waals surface area contributed by atoms with Crippen molar-refractivity contribution in [3.63, 3.8) is 0 Å². The van der Waals surface area contributed by atoms with Gasteiger partial charge in [-0.3, -0.25) is 9.10 Å². The SMILES string of the molecule is Cc1ccc([C@@H](C)NC(=O)CN(c2c(C)cc(C)cc2C)S(C)(=O)=O)cc1. The summed E-state index contributed by atoms with van der Waals surface area (Å²) in [6.45, 7) is 9.32. The third-order valence-corrected chi connectivity index (χ3v) is 5.64. The Balaban J connectivity index is 2.25. The van der Waals surface area contributed by atoms with Crippen LogP contribution in [0.3, 0.4) is 0 Å². The van der Waals surface area contributed by atoms with Gasteiger partial charge < -0.3 is 5.32 Å². The van der Waals surface area contributed by atoms with Gasteiger partial charge in [0.25, 0.3) is 0 Å². The normalized spacial score (nSPS) is 12.5. The van der Waals surface area contributed by atoms with Gasteiger partial charge in [-0.1, -0.05) is 47.5 Å². The second kappa shape index (κ2) is 8.13. The van der Waals surface area contributed by atoms with Crippen molar-refractivity contribution in [1.29, 1.82) is 0 Å². The Morgan fingerprint density at radius 2 is 1.52 bits per heavy atom. The average Bonchev–Trinajstić information content (AvgIpc) is 2.52. The van der Waals surface area contributed by atoms with Gasteiger partial charge in [-0.25, -0.2) is 8.42 Å². The van der Waals surface area contributed by atoms with E-state index in [-0.39, 0.29) is 18.5 Å². The molecule has 1 atom stereocenters. The van der Waals surface area contributed by atoms with E-state index in [9.17, 15) is 13.2 Å². The summed E-state index contributed by atoms with van der Waals surface area (Å²) in [6, 6.07) is 11.5. The number of nitrogens with zero attached hydrogens (tertiary/aromatic N) is 1. The molecule has 6 heteroatoms. The van der Waals surface area contributed by atoms with Gasteiger partial charge in [0.2, 0.25) is 15.9 Å². The summed E-state index contributed by atoms with van der Waals surface area (Å²) in [4.78, 5) is 12.6. The standard InChI is InChI=1S/C21H28N2O3S/c1-14-7-9-19(10-8-14)18(5)22-20(24)13-23(27(6,25)26)21-16(3)11-15(2)12-17(21)4/h7-12,18H,13H2,1-6H3,(H,22,24)/t18-/m1/s1. The van der Waals surface area contributed by atoms with E-state index in [1.807, 2.05) is 71.0 Å². The number of amides is 1. The number of rotatable bonds is 6. The van der Waals surface area contributed by atoms with Crippen LogP contribution in [0, 0.1) is 27.7 Å². The Morgan fingerprint density at radius 1 is 1.00 bits per heavy atom. The Bertz CT molecular complexity index is 911. The molecule has 2 aromatic rings. The Labute approximate surface area is 162 Å². The molecule has 0 saturated heterocycles. The number of hydrogen-bond donors (Lipinski definition) is 1. The number of hydrogen-bond acceptors (Lipinski definition) is 3. The van der Waals surface area contributed by atoms with E-state index in [4.69, 9.17) is 0 Å². The lowest BCUT2D eigenvalue weighted by Gasteiger charge is -2.26. The number of benzene rings is 2. The van der Waals surface area contributed by atoms with Crippen molar-refractivity contribution in [2.75, 3.05) is 17.1 Å². The third-order valence-electron chi connectivity index (χ3n) is 4.53. The van der Waals surface area contributed by atoms with Crippen molar-refractivity contribution in [3.05, 3.63) is 64.2 Å². The minimum Gasteiger partial charge on any atom is -0.348 e. The molecule has 1 amide bonds. The molecule has 0 aromatic heterocycles. The number of nitrogens with one attached hydrogen (secondary N) is 1. The lowest BCUT2D eigenvalue weighted by molar-refractivity contribution is -0.120. The molecule has 0 unspecified atom stereocenters. The molecule has 5 nitrogen and oxygen atoms in total. The summed E-state index contributed by atoms with van der Waals surface area (Å²) in [6.07, 6.45) is 1.13. The highest BCUT2D eigenvalue weighted by molar-refractivity contribution is 7.92. The first-order valence-corrected chi connectivity index (χ1v) is 10.8. The van der Waals surface area contributed by atoms with Crippen molar-refractivity contribution in [1.82, 2.24) is 5.32 Å². The molecule has 1 N–H and O–H groups in total. The molecule has 0 spiro atoms. The maximum Gasteiger partial charge on any atom is 0.241 e. The van der Waals surface area contributed by atoms with Crippen molar-refractivity contribution >= 4 is 21.6 Å². The molecule has 0 fully saturated rings. The first-order valence-electron chi connectivity index (χ1n) is 8.90. The van der Waals surface area contributed by atoms with Crippen LogP contribution in [0.15, 0.2) is 36.4 Å². The topological polar surface area (TPSA) is 66.5 Å². The fourth-order valence-corrected chi connectivity index (χ4v) is 4.26. The zero-order valence-corrected chi connectivity index (χ0v) is 17.6. The average molecular weight is 389 g/mol. The maximum absolute atomic E-state index is 12.6. The first-order chi connectivity index (χ1) is 12.5. The van der Waals surface area contributed by atoms with Gasteiger partial charge in [0.05, 0.1) is 18.0 Å². The van der Waals surface area contributed by atoms with Crippen LogP contribution in [0.4, 0.5) is 5.69 Å². The van der Waals surface area contributed by atoms with E-state index in [0.717, 1.165) is 34.1 Å². The highest BCUT2D eigenvalue weighted by atomic mass is 32.2. The van der Waals surface area contributed by atoms with Gasteiger partial charge in [0.1, 0.15) is 6.54 Å². The zero-order chi connectivity index (χ0) is 20.4. The first kappa shape index (κ1) is 21.0. The quantitative estimate of drug-likeness (QED) is 0.823.